The van der Waals surface area contributed by atoms with Crippen molar-refractivity contribution in [2.24, 2.45) is 0 Å². The predicted molar refractivity (Wildman–Crippen MR) is 90.7 cm³/mol. The molecule has 1 unspecified atom stereocenters. The number of ether oxygens (including phenoxy) is 1. The Hall–Kier alpha value is -2.31. The zero-order chi connectivity index (χ0) is 17.8. The number of rotatable bonds is 3. The molecule has 0 saturated carbocycles. The van der Waals surface area contributed by atoms with E-state index in [9.17, 15) is 14.0 Å². The number of hydrogen-bond acceptors (Lipinski definition) is 3. The third-order valence-electron chi connectivity index (χ3n) is 4.85. The molecule has 1 aliphatic carbocycles. The second kappa shape index (κ2) is 7.72. The fraction of sp³-hybridized carbons (Fsp3) is 0.556. The first-order valence-electron chi connectivity index (χ1n) is 8.84. The van der Waals surface area contributed by atoms with E-state index in [2.05, 4.69) is 10.6 Å². The van der Waals surface area contributed by atoms with Gasteiger partial charge in [0.2, 0.25) is 0 Å². The van der Waals surface area contributed by atoms with Crippen molar-refractivity contribution in [1.29, 1.82) is 0 Å². The molecule has 1 heterocycles. The summed E-state index contributed by atoms with van der Waals surface area (Å²) in [5.74, 6) is -0.279. The predicted octanol–water partition coefficient (Wildman–Crippen LogP) is 2.73. The summed E-state index contributed by atoms with van der Waals surface area (Å²) in [6, 6.07) is 4.39. The summed E-state index contributed by atoms with van der Waals surface area (Å²) >= 11 is 0. The van der Waals surface area contributed by atoms with Crippen LogP contribution < -0.4 is 10.6 Å². The molecule has 3 amide bonds. The Bertz CT molecular complexity index is 644. The molecule has 1 aliphatic heterocycles. The summed E-state index contributed by atoms with van der Waals surface area (Å²) in [6.45, 7) is 3.29. The van der Waals surface area contributed by atoms with E-state index < -0.39 is 0 Å². The normalized spacial score (nSPS) is 20.1. The van der Waals surface area contributed by atoms with E-state index in [1.54, 1.807) is 17.9 Å². The molecule has 1 saturated heterocycles. The van der Waals surface area contributed by atoms with E-state index in [0.717, 1.165) is 24.0 Å². The van der Waals surface area contributed by atoms with Gasteiger partial charge in [-0.1, -0.05) is 6.07 Å². The van der Waals surface area contributed by atoms with Gasteiger partial charge in [0.15, 0.2) is 0 Å². The quantitative estimate of drug-likeness (QED) is 0.881. The molecule has 2 aliphatic rings. The van der Waals surface area contributed by atoms with Gasteiger partial charge in [-0.2, -0.15) is 0 Å². The first-order valence-corrected chi connectivity index (χ1v) is 8.84. The van der Waals surface area contributed by atoms with Crippen molar-refractivity contribution in [1.82, 2.24) is 15.5 Å². The molecule has 0 spiro atoms. The van der Waals surface area contributed by atoms with Gasteiger partial charge < -0.3 is 20.3 Å². The second-order valence-corrected chi connectivity index (χ2v) is 6.51. The van der Waals surface area contributed by atoms with Crippen molar-refractivity contribution < 1.29 is 18.7 Å². The van der Waals surface area contributed by atoms with Crippen LogP contribution in [0.2, 0.25) is 0 Å². The third kappa shape index (κ3) is 4.21. The lowest BCUT2D eigenvalue weighted by Crippen LogP contribution is -2.49. The van der Waals surface area contributed by atoms with E-state index in [1.807, 2.05) is 0 Å². The van der Waals surface area contributed by atoms with E-state index >= 15 is 0 Å². The van der Waals surface area contributed by atoms with Crippen LogP contribution in [0.1, 0.15) is 43.4 Å². The van der Waals surface area contributed by atoms with Crippen molar-refractivity contribution in [3.8, 4) is 0 Å². The van der Waals surface area contributed by atoms with Crippen LogP contribution >= 0.6 is 0 Å². The highest BCUT2D eigenvalue weighted by Gasteiger charge is 2.27. The lowest BCUT2D eigenvalue weighted by molar-refractivity contribution is 0.0957. The van der Waals surface area contributed by atoms with Crippen LogP contribution in [-0.4, -0.2) is 42.8 Å². The first kappa shape index (κ1) is 17.5. The fourth-order valence-corrected chi connectivity index (χ4v) is 3.53. The third-order valence-corrected chi connectivity index (χ3v) is 4.85. The van der Waals surface area contributed by atoms with Crippen LogP contribution in [0, 0.1) is 5.82 Å². The molecule has 6 nitrogen and oxygen atoms in total. The molecule has 0 bridgehead atoms. The molecular weight excluding hydrogens is 325 g/mol. The summed E-state index contributed by atoms with van der Waals surface area (Å²) in [5, 5.41) is 5.90. The molecule has 1 atom stereocenters. The Labute approximate surface area is 146 Å². The lowest BCUT2D eigenvalue weighted by atomic mass is 10.1. The van der Waals surface area contributed by atoms with Crippen molar-refractivity contribution in [2.75, 3.05) is 19.7 Å². The van der Waals surface area contributed by atoms with E-state index in [1.165, 1.54) is 12.1 Å². The number of hydrogen-bond donors (Lipinski definition) is 2. The Balaban J connectivity index is 1.47. The topological polar surface area (TPSA) is 70.7 Å². The standard InChI is InChI=1S/C18H24FN3O3/c1-2-25-18(24)22-9-7-14(8-10-22)20-17(23)21-16-6-4-12-3-5-13(19)11-15(12)16/h3,5,11,14,16H,2,4,6-10H2,1H3,(H2,20,21,23). The van der Waals surface area contributed by atoms with Crippen LogP contribution in [-0.2, 0) is 11.2 Å². The Morgan fingerprint density at radius 2 is 2.00 bits per heavy atom. The van der Waals surface area contributed by atoms with E-state index in [-0.39, 0.29) is 30.0 Å². The summed E-state index contributed by atoms with van der Waals surface area (Å²) in [7, 11) is 0. The number of urea groups is 1. The van der Waals surface area contributed by atoms with Gasteiger partial charge in [0.1, 0.15) is 5.82 Å². The summed E-state index contributed by atoms with van der Waals surface area (Å²) in [6.07, 6.45) is 2.73. The molecule has 25 heavy (non-hydrogen) atoms. The Kier molecular flexibility index (Phi) is 5.40. The molecule has 1 fully saturated rings. The number of nitrogens with one attached hydrogen (secondary N) is 2. The van der Waals surface area contributed by atoms with Crippen LogP contribution in [0.5, 0.6) is 0 Å². The molecule has 3 rings (SSSR count). The number of carbonyl (C=O) groups excluding carboxylic acids is 2. The SMILES string of the molecule is CCOC(=O)N1CCC(NC(=O)NC2CCc3ccc(F)cc32)CC1. The van der Waals surface area contributed by atoms with Crippen molar-refractivity contribution in [3.63, 3.8) is 0 Å². The molecule has 2 N–H and O–H groups in total. The number of piperidine rings is 1. The van der Waals surface area contributed by atoms with Gasteiger partial charge in [-0.3, -0.25) is 0 Å². The van der Waals surface area contributed by atoms with Gasteiger partial charge in [0.25, 0.3) is 0 Å². The highest BCUT2D eigenvalue weighted by molar-refractivity contribution is 5.75. The largest absolute Gasteiger partial charge is 0.450 e. The second-order valence-electron chi connectivity index (χ2n) is 6.51. The van der Waals surface area contributed by atoms with Crippen LogP contribution in [0.3, 0.4) is 0 Å². The first-order chi connectivity index (χ1) is 12.1. The monoisotopic (exact) mass is 349 g/mol. The minimum atomic E-state index is -0.296. The van der Waals surface area contributed by atoms with Crippen molar-refractivity contribution >= 4 is 12.1 Å². The highest BCUT2D eigenvalue weighted by atomic mass is 19.1. The molecule has 0 aromatic heterocycles. The number of nitrogens with zero attached hydrogens (tertiary/aromatic N) is 1. The molecule has 136 valence electrons. The molecule has 7 heteroatoms. The maximum absolute atomic E-state index is 13.4. The zero-order valence-electron chi connectivity index (χ0n) is 14.4. The van der Waals surface area contributed by atoms with Gasteiger partial charge in [0.05, 0.1) is 12.6 Å². The Morgan fingerprint density at radius 3 is 2.72 bits per heavy atom. The minimum absolute atomic E-state index is 0.0269. The Morgan fingerprint density at radius 1 is 1.24 bits per heavy atom. The van der Waals surface area contributed by atoms with Crippen molar-refractivity contribution in [2.45, 2.75) is 44.7 Å². The smallest absolute Gasteiger partial charge is 0.409 e. The minimum Gasteiger partial charge on any atom is -0.450 e. The maximum atomic E-state index is 13.4. The number of benzene rings is 1. The van der Waals surface area contributed by atoms with E-state index in [4.69, 9.17) is 4.74 Å². The lowest BCUT2D eigenvalue weighted by Gasteiger charge is -2.31. The number of fused-ring (bicyclic) bond motifs is 1. The summed E-state index contributed by atoms with van der Waals surface area (Å²) in [4.78, 5) is 25.6. The number of aryl methyl sites for hydroxylation is 1. The van der Waals surface area contributed by atoms with Crippen LogP contribution in [0.25, 0.3) is 0 Å². The van der Waals surface area contributed by atoms with Crippen LogP contribution in [0.4, 0.5) is 14.0 Å². The summed E-state index contributed by atoms with van der Waals surface area (Å²) < 4.78 is 18.4. The number of halogens is 1. The molecule has 1 aromatic rings. The van der Waals surface area contributed by atoms with Crippen molar-refractivity contribution in [3.05, 3.63) is 35.1 Å². The van der Waals surface area contributed by atoms with Crippen LogP contribution in [0.15, 0.2) is 18.2 Å². The summed E-state index contributed by atoms with van der Waals surface area (Å²) in [5.41, 5.74) is 1.96. The van der Waals surface area contributed by atoms with Gasteiger partial charge >= 0.3 is 12.1 Å². The average molecular weight is 349 g/mol. The van der Waals surface area contributed by atoms with Gasteiger partial charge in [-0.25, -0.2) is 14.0 Å². The maximum Gasteiger partial charge on any atom is 0.409 e. The average Bonchev–Trinajstić information content (AvgIpc) is 2.97. The molecular formula is C18H24FN3O3. The molecule has 0 radical (unpaired) electrons. The zero-order valence-corrected chi connectivity index (χ0v) is 14.4. The van der Waals surface area contributed by atoms with Gasteiger partial charge in [-0.15, -0.1) is 0 Å². The number of amides is 3. The fourth-order valence-electron chi connectivity index (χ4n) is 3.53. The van der Waals surface area contributed by atoms with Gasteiger partial charge in [0, 0.05) is 19.1 Å². The highest BCUT2D eigenvalue weighted by Crippen LogP contribution is 2.31. The van der Waals surface area contributed by atoms with E-state index in [0.29, 0.717) is 32.5 Å². The number of likely N-dealkylation sites (tertiary alicyclic amines) is 1. The van der Waals surface area contributed by atoms with Gasteiger partial charge in [-0.05, 0) is 55.9 Å². The molecule has 1 aromatic carbocycles. The number of carbonyl (C=O) groups is 2.